The smallest absolute Gasteiger partial charge is 0.241 e. The molecule has 4 N–H and O–H groups in total. The highest BCUT2D eigenvalue weighted by atomic mass is 16.3. The minimum absolute atomic E-state index is 0.334. The monoisotopic (exact) mass is 360 g/mol. The number of benzene rings is 3. The first-order valence-corrected chi connectivity index (χ1v) is 8.98. The van der Waals surface area contributed by atoms with Gasteiger partial charge in [-0.05, 0) is 23.6 Å². The summed E-state index contributed by atoms with van der Waals surface area (Å²) in [6.07, 6.45) is 0. The van der Waals surface area contributed by atoms with E-state index < -0.39 is 17.7 Å². The van der Waals surface area contributed by atoms with Gasteiger partial charge >= 0.3 is 0 Å². The van der Waals surface area contributed by atoms with E-state index in [4.69, 9.17) is 5.73 Å². The molecule has 0 bridgehead atoms. The molecule has 0 aliphatic rings. The molecule has 0 aliphatic carbocycles. The number of hydrogen-bond donors (Lipinski definition) is 3. The number of nitrogens with two attached hydrogens (primary N) is 1. The maximum absolute atomic E-state index is 12.7. The van der Waals surface area contributed by atoms with Crippen molar-refractivity contribution >= 4 is 5.91 Å². The molecule has 0 fully saturated rings. The quantitative estimate of drug-likeness (QED) is 0.632. The van der Waals surface area contributed by atoms with Crippen LogP contribution in [-0.4, -0.2) is 17.1 Å². The van der Waals surface area contributed by atoms with E-state index in [9.17, 15) is 9.90 Å². The van der Waals surface area contributed by atoms with Crippen molar-refractivity contribution in [1.29, 1.82) is 0 Å². The molecular weight excluding hydrogens is 336 g/mol. The van der Waals surface area contributed by atoms with Gasteiger partial charge in [-0.15, -0.1) is 0 Å². The lowest BCUT2D eigenvalue weighted by Crippen LogP contribution is -2.51. The summed E-state index contributed by atoms with van der Waals surface area (Å²) in [6, 6.07) is 26.5. The standard InChI is InChI=1S/C23H24N2O2/c1-17(25-22(26)21(24)18-11-5-2-6-12-18)23(27,19-13-7-3-8-14-19)20-15-9-4-10-16-20/h2-17,21,27H,24H2,1H3,(H,25,26)/t17-,21+/m1/s1. The van der Waals surface area contributed by atoms with Crippen LogP contribution in [0.1, 0.15) is 29.7 Å². The number of aliphatic hydroxyl groups is 1. The molecular formula is C23H24N2O2. The largest absolute Gasteiger partial charge is 0.378 e. The second-order valence-corrected chi connectivity index (χ2v) is 6.62. The molecule has 3 aromatic carbocycles. The first-order chi connectivity index (χ1) is 13.0. The molecule has 0 radical (unpaired) electrons. The minimum Gasteiger partial charge on any atom is -0.378 e. The Kier molecular flexibility index (Phi) is 5.69. The van der Waals surface area contributed by atoms with Crippen molar-refractivity contribution in [1.82, 2.24) is 5.32 Å². The van der Waals surface area contributed by atoms with Crippen molar-refractivity contribution in [2.75, 3.05) is 0 Å². The van der Waals surface area contributed by atoms with Gasteiger partial charge in [0.15, 0.2) is 0 Å². The van der Waals surface area contributed by atoms with Crippen LogP contribution < -0.4 is 11.1 Å². The van der Waals surface area contributed by atoms with E-state index in [0.717, 1.165) is 5.56 Å². The normalized spacial score (nSPS) is 13.6. The lowest BCUT2D eigenvalue weighted by atomic mass is 9.80. The zero-order valence-corrected chi connectivity index (χ0v) is 15.2. The molecule has 1 amide bonds. The highest BCUT2D eigenvalue weighted by molar-refractivity contribution is 5.83. The topological polar surface area (TPSA) is 75.4 Å². The predicted molar refractivity (Wildman–Crippen MR) is 107 cm³/mol. The summed E-state index contributed by atoms with van der Waals surface area (Å²) < 4.78 is 0. The average Bonchev–Trinajstić information content (AvgIpc) is 2.74. The van der Waals surface area contributed by atoms with Crippen molar-refractivity contribution in [3.8, 4) is 0 Å². The van der Waals surface area contributed by atoms with Crippen molar-refractivity contribution in [2.45, 2.75) is 24.6 Å². The van der Waals surface area contributed by atoms with Gasteiger partial charge in [0.2, 0.25) is 5.91 Å². The van der Waals surface area contributed by atoms with E-state index in [1.807, 2.05) is 91.0 Å². The number of carbonyl (C=O) groups excluding carboxylic acids is 1. The van der Waals surface area contributed by atoms with E-state index in [1.165, 1.54) is 0 Å². The summed E-state index contributed by atoms with van der Waals surface area (Å²) in [5.74, 6) is -0.334. The molecule has 4 nitrogen and oxygen atoms in total. The van der Waals surface area contributed by atoms with E-state index in [0.29, 0.717) is 11.1 Å². The van der Waals surface area contributed by atoms with Gasteiger partial charge in [0.25, 0.3) is 0 Å². The van der Waals surface area contributed by atoms with Crippen LogP contribution in [0.15, 0.2) is 91.0 Å². The predicted octanol–water partition coefficient (Wildman–Crippen LogP) is 3.13. The number of rotatable bonds is 6. The van der Waals surface area contributed by atoms with Crippen molar-refractivity contribution in [3.05, 3.63) is 108 Å². The van der Waals surface area contributed by atoms with Gasteiger partial charge in [-0.2, -0.15) is 0 Å². The Hall–Kier alpha value is -2.95. The summed E-state index contributed by atoms with van der Waals surface area (Å²) in [6.45, 7) is 1.79. The van der Waals surface area contributed by atoms with Gasteiger partial charge in [0.1, 0.15) is 11.6 Å². The van der Waals surface area contributed by atoms with E-state index >= 15 is 0 Å². The molecule has 0 saturated carbocycles. The number of hydrogen-bond acceptors (Lipinski definition) is 3. The van der Waals surface area contributed by atoms with E-state index in [2.05, 4.69) is 5.32 Å². The maximum atomic E-state index is 12.7. The fraction of sp³-hybridized carbons (Fsp3) is 0.174. The van der Waals surface area contributed by atoms with Gasteiger partial charge in [-0.25, -0.2) is 0 Å². The molecule has 27 heavy (non-hydrogen) atoms. The SMILES string of the molecule is C[C@@H](NC(=O)[C@@H](N)c1ccccc1)C(O)(c1ccccc1)c1ccccc1. The molecule has 0 heterocycles. The molecule has 0 aliphatic heterocycles. The second-order valence-electron chi connectivity index (χ2n) is 6.62. The highest BCUT2D eigenvalue weighted by Gasteiger charge is 2.39. The van der Waals surface area contributed by atoms with Crippen LogP contribution in [0.25, 0.3) is 0 Å². The number of amides is 1. The van der Waals surface area contributed by atoms with Crippen LogP contribution in [0.3, 0.4) is 0 Å². The van der Waals surface area contributed by atoms with Gasteiger partial charge in [-0.1, -0.05) is 91.0 Å². The Morgan fingerprint density at radius 3 is 1.70 bits per heavy atom. The Morgan fingerprint density at radius 2 is 1.26 bits per heavy atom. The molecule has 2 atom stereocenters. The summed E-state index contributed by atoms with van der Waals surface area (Å²) >= 11 is 0. The number of carbonyl (C=O) groups is 1. The van der Waals surface area contributed by atoms with Crippen LogP contribution in [0, 0.1) is 0 Å². The highest BCUT2D eigenvalue weighted by Crippen LogP contribution is 2.33. The maximum Gasteiger partial charge on any atom is 0.241 e. The lowest BCUT2D eigenvalue weighted by Gasteiger charge is -2.36. The molecule has 0 spiro atoms. The van der Waals surface area contributed by atoms with Gasteiger partial charge in [0, 0.05) is 0 Å². The summed E-state index contributed by atoms with van der Waals surface area (Å²) in [7, 11) is 0. The minimum atomic E-state index is -1.38. The van der Waals surface area contributed by atoms with Crippen LogP contribution in [0.4, 0.5) is 0 Å². The summed E-state index contributed by atoms with van der Waals surface area (Å²) in [5.41, 5.74) is 6.87. The summed E-state index contributed by atoms with van der Waals surface area (Å²) in [4.78, 5) is 12.7. The molecule has 138 valence electrons. The van der Waals surface area contributed by atoms with E-state index in [-0.39, 0.29) is 5.91 Å². The van der Waals surface area contributed by atoms with Crippen molar-refractivity contribution in [2.24, 2.45) is 5.73 Å². The molecule has 3 rings (SSSR count). The third kappa shape index (κ3) is 3.92. The lowest BCUT2D eigenvalue weighted by molar-refractivity contribution is -0.124. The zero-order chi connectivity index (χ0) is 19.3. The molecule has 0 unspecified atom stereocenters. The van der Waals surface area contributed by atoms with Crippen LogP contribution in [-0.2, 0) is 10.4 Å². The van der Waals surface area contributed by atoms with Gasteiger partial charge in [0.05, 0.1) is 6.04 Å². The average molecular weight is 360 g/mol. The first kappa shape index (κ1) is 18.8. The fourth-order valence-corrected chi connectivity index (χ4v) is 3.27. The van der Waals surface area contributed by atoms with Crippen molar-refractivity contribution in [3.63, 3.8) is 0 Å². The molecule has 0 saturated heterocycles. The second kappa shape index (κ2) is 8.16. The Bertz CT molecular complexity index is 827. The third-order valence-corrected chi connectivity index (χ3v) is 4.85. The molecule has 4 heteroatoms. The van der Waals surface area contributed by atoms with Gasteiger partial charge in [-0.3, -0.25) is 4.79 Å². The summed E-state index contributed by atoms with van der Waals surface area (Å²) in [5, 5.41) is 14.6. The molecule has 0 aromatic heterocycles. The fourth-order valence-electron chi connectivity index (χ4n) is 3.27. The zero-order valence-electron chi connectivity index (χ0n) is 15.2. The van der Waals surface area contributed by atoms with Crippen LogP contribution in [0.5, 0.6) is 0 Å². The molecule has 3 aromatic rings. The first-order valence-electron chi connectivity index (χ1n) is 8.98. The van der Waals surface area contributed by atoms with Crippen LogP contribution in [0.2, 0.25) is 0 Å². The Labute approximate surface area is 159 Å². The van der Waals surface area contributed by atoms with Crippen LogP contribution >= 0.6 is 0 Å². The Balaban J connectivity index is 1.90. The third-order valence-electron chi connectivity index (χ3n) is 4.85. The number of nitrogens with one attached hydrogen (secondary N) is 1. The van der Waals surface area contributed by atoms with E-state index in [1.54, 1.807) is 6.92 Å². The Morgan fingerprint density at radius 1 is 0.852 bits per heavy atom. The van der Waals surface area contributed by atoms with Gasteiger partial charge < -0.3 is 16.2 Å². The van der Waals surface area contributed by atoms with Crippen molar-refractivity contribution < 1.29 is 9.90 Å².